The SMILES string of the molecule is Cc1cc(-n2nnc3cc(Cl)ccc32)c(O)c(C(C)(C)C)c1. The summed E-state index contributed by atoms with van der Waals surface area (Å²) in [6.07, 6.45) is 0. The first-order chi connectivity index (χ1) is 10.3. The smallest absolute Gasteiger partial charge is 0.145 e. The molecule has 0 aliphatic rings. The van der Waals surface area contributed by atoms with Crippen molar-refractivity contribution in [2.45, 2.75) is 33.1 Å². The van der Waals surface area contributed by atoms with Gasteiger partial charge in [-0.15, -0.1) is 5.10 Å². The highest BCUT2D eigenvalue weighted by Gasteiger charge is 2.22. The van der Waals surface area contributed by atoms with E-state index in [1.807, 2.05) is 25.1 Å². The summed E-state index contributed by atoms with van der Waals surface area (Å²) in [5, 5.41) is 19.7. The summed E-state index contributed by atoms with van der Waals surface area (Å²) < 4.78 is 1.66. The number of rotatable bonds is 1. The van der Waals surface area contributed by atoms with Crippen LogP contribution in [0.15, 0.2) is 30.3 Å². The van der Waals surface area contributed by atoms with Crippen LogP contribution < -0.4 is 0 Å². The molecule has 1 heterocycles. The van der Waals surface area contributed by atoms with E-state index in [1.165, 1.54) is 0 Å². The molecule has 0 radical (unpaired) electrons. The molecule has 5 heteroatoms. The zero-order chi connectivity index (χ0) is 16.1. The first-order valence-electron chi connectivity index (χ1n) is 7.13. The van der Waals surface area contributed by atoms with Gasteiger partial charge in [-0.1, -0.05) is 43.7 Å². The van der Waals surface area contributed by atoms with Crippen molar-refractivity contribution >= 4 is 22.6 Å². The van der Waals surface area contributed by atoms with Gasteiger partial charge in [0.25, 0.3) is 0 Å². The molecule has 22 heavy (non-hydrogen) atoms. The number of phenols is 1. The number of phenolic OH excluding ortho intramolecular Hbond substituents is 1. The lowest BCUT2D eigenvalue weighted by Gasteiger charge is -2.22. The second kappa shape index (κ2) is 4.99. The summed E-state index contributed by atoms with van der Waals surface area (Å²) in [5.74, 6) is 0.236. The third-order valence-electron chi connectivity index (χ3n) is 3.68. The Hall–Kier alpha value is -2.07. The first-order valence-corrected chi connectivity index (χ1v) is 7.50. The quantitative estimate of drug-likeness (QED) is 0.724. The largest absolute Gasteiger partial charge is 0.505 e. The molecule has 1 aromatic heterocycles. The summed E-state index contributed by atoms with van der Waals surface area (Å²) in [6.45, 7) is 8.23. The second-order valence-corrected chi connectivity index (χ2v) is 7.00. The molecule has 3 rings (SSSR count). The molecule has 3 aromatic rings. The van der Waals surface area contributed by atoms with E-state index in [0.29, 0.717) is 16.2 Å². The van der Waals surface area contributed by atoms with Crippen LogP contribution in [0.3, 0.4) is 0 Å². The van der Waals surface area contributed by atoms with Gasteiger partial charge in [0.1, 0.15) is 17.0 Å². The summed E-state index contributed by atoms with van der Waals surface area (Å²) in [5.41, 5.74) is 3.94. The van der Waals surface area contributed by atoms with Gasteiger partial charge in [-0.3, -0.25) is 0 Å². The molecule has 0 unspecified atom stereocenters. The molecule has 4 nitrogen and oxygen atoms in total. The number of benzene rings is 2. The van der Waals surface area contributed by atoms with Crippen LogP contribution in [0.5, 0.6) is 5.75 Å². The van der Waals surface area contributed by atoms with Crippen molar-refractivity contribution in [3.8, 4) is 11.4 Å². The van der Waals surface area contributed by atoms with E-state index < -0.39 is 0 Å². The number of nitrogens with zero attached hydrogens (tertiary/aromatic N) is 3. The third-order valence-corrected chi connectivity index (χ3v) is 3.91. The number of aryl methyl sites for hydroxylation is 1. The van der Waals surface area contributed by atoms with Crippen LogP contribution in [-0.4, -0.2) is 20.1 Å². The minimum Gasteiger partial charge on any atom is -0.505 e. The maximum atomic E-state index is 10.7. The van der Waals surface area contributed by atoms with Gasteiger partial charge in [-0.2, -0.15) is 0 Å². The third kappa shape index (κ3) is 2.44. The van der Waals surface area contributed by atoms with E-state index in [1.54, 1.807) is 16.8 Å². The summed E-state index contributed by atoms with van der Waals surface area (Å²) >= 11 is 5.99. The Morgan fingerprint density at radius 2 is 1.86 bits per heavy atom. The van der Waals surface area contributed by atoms with Crippen LogP contribution in [0.25, 0.3) is 16.7 Å². The monoisotopic (exact) mass is 315 g/mol. The lowest BCUT2D eigenvalue weighted by atomic mass is 9.85. The number of fused-ring (bicyclic) bond motifs is 1. The molecule has 114 valence electrons. The molecule has 0 saturated carbocycles. The zero-order valence-electron chi connectivity index (χ0n) is 13.1. The lowest BCUT2D eigenvalue weighted by Crippen LogP contribution is -2.13. The minimum absolute atomic E-state index is 0.162. The highest BCUT2D eigenvalue weighted by Crippen LogP contribution is 2.36. The first kappa shape index (κ1) is 14.9. The summed E-state index contributed by atoms with van der Waals surface area (Å²) in [4.78, 5) is 0. The van der Waals surface area contributed by atoms with Crippen molar-refractivity contribution in [2.24, 2.45) is 0 Å². The highest BCUT2D eigenvalue weighted by molar-refractivity contribution is 6.31. The van der Waals surface area contributed by atoms with Gasteiger partial charge in [-0.05, 0) is 42.2 Å². The maximum Gasteiger partial charge on any atom is 0.145 e. The van der Waals surface area contributed by atoms with Gasteiger partial charge in [0.2, 0.25) is 0 Å². The van der Waals surface area contributed by atoms with Crippen LogP contribution in [0.1, 0.15) is 31.9 Å². The zero-order valence-corrected chi connectivity index (χ0v) is 13.8. The van der Waals surface area contributed by atoms with Gasteiger partial charge in [0.05, 0.1) is 5.52 Å². The molecule has 0 aliphatic carbocycles. The molecule has 0 amide bonds. The Morgan fingerprint density at radius 1 is 1.14 bits per heavy atom. The van der Waals surface area contributed by atoms with Gasteiger partial charge in [0, 0.05) is 10.6 Å². The van der Waals surface area contributed by atoms with E-state index in [-0.39, 0.29) is 11.2 Å². The molecule has 0 spiro atoms. The molecule has 0 aliphatic heterocycles. The average Bonchev–Trinajstić information content (AvgIpc) is 2.82. The van der Waals surface area contributed by atoms with Gasteiger partial charge in [0.15, 0.2) is 0 Å². The molecule has 0 bridgehead atoms. The predicted octanol–water partition coefficient (Wildman–Crippen LogP) is 4.39. The standard InChI is InChI=1S/C17H18ClN3O/c1-10-7-12(17(2,3)4)16(22)15(8-10)21-14-6-5-11(18)9-13(14)19-20-21/h5-9,22H,1-4H3. The summed E-state index contributed by atoms with van der Waals surface area (Å²) in [7, 11) is 0. The topological polar surface area (TPSA) is 50.9 Å². The predicted molar refractivity (Wildman–Crippen MR) is 89.0 cm³/mol. The van der Waals surface area contributed by atoms with E-state index in [0.717, 1.165) is 16.6 Å². The van der Waals surface area contributed by atoms with Crippen LogP contribution in [0, 0.1) is 6.92 Å². The number of aromatic hydroxyl groups is 1. The van der Waals surface area contributed by atoms with Crippen LogP contribution in [0.2, 0.25) is 5.02 Å². The van der Waals surface area contributed by atoms with E-state index >= 15 is 0 Å². The number of halogens is 1. The molecule has 0 fully saturated rings. The van der Waals surface area contributed by atoms with Crippen molar-refractivity contribution in [3.63, 3.8) is 0 Å². The number of hydrogen-bond donors (Lipinski definition) is 1. The Balaban J connectivity index is 2.29. The second-order valence-electron chi connectivity index (χ2n) is 6.56. The van der Waals surface area contributed by atoms with E-state index in [9.17, 15) is 5.11 Å². The molecule has 1 N–H and O–H groups in total. The van der Waals surface area contributed by atoms with Crippen LogP contribution >= 0.6 is 11.6 Å². The normalized spacial score (nSPS) is 12.0. The van der Waals surface area contributed by atoms with E-state index in [4.69, 9.17) is 11.6 Å². The van der Waals surface area contributed by atoms with Crippen molar-refractivity contribution in [1.82, 2.24) is 15.0 Å². The van der Waals surface area contributed by atoms with Crippen LogP contribution in [-0.2, 0) is 5.41 Å². The Bertz CT molecular complexity index is 862. The molecule has 2 aromatic carbocycles. The molecular formula is C17H18ClN3O. The minimum atomic E-state index is -0.162. The van der Waals surface area contributed by atoms with Gasteiger partial charge < -0.3 is 5.11 Å². The van der Waals surface area contributed by atoms with Crippen molar-refractivity contribution < 1.29 is 5.11 Å². The fraction of sp³-hybridized carbons (Fsp3) is 0.294. The number of hydrogen-bond acceptors (Lipinski definition) is 3. The maximum absolute atomic E-state index is 10.7. The van der Waals surface area contributed by atoms with E-state index in [2.05, 4.69) is 31.1 Å². The molecule has 0 atom stereocenters. The Morgan fingerprint density at radius 3 is 2.55 bits per heavy atom. The fourth-order valence-electron chi connectivity index (χ4n) is 2.57. The fourth-order valence-corrected chi connectivity index (χ4v) is 2.73. The van der Waals surface area contributed by atoms with Crippen molar-refractivity contribution in [3.05, 3.63) is 46.5 Å². The molecular weight excluding hydrogens is 298 g/mol. The Kier molecular flexibility index (Phi) is 3.37. The van der Waals surface area contributed by atoms with Gasteiger partial charge >= 0.3 is 0 Å². The average molecular weight is 316 g/mol. The van der Waals surface area contributed by atoms with Crippen molar-refractivity contribution in [1.29, 1.82) is 0 Å². The van der Waals surface area contributed by atoms with Gasteiger partial charge in [-0.25, -0.2) is 4.68 Å². The number of aromatic nitrogens is 3. The van der Waals surface area contributed by atoms with Crippen molar-refractivity contribution in [2.75, 3.05) is 0 Å². The highest BCUT2D eigenvalue weighted by atomic mass is 35.5. The Labute approximate surface area is 134 Å². The van der Waals surface area contributed by atoms with Crippen LogP contribution in [0.4, 0.5) is 0 Å². The lowest BCUT2D eigenvalue weighted by molar-refractivity contribution is 0.442. The molecule has 0 saturated heterocycles. The summed E-state index contributed by atoms with van der Waals surface area (Å²) in [6, 6.07) is 9.33.